The lowest BCUT2D eigenvalue weighted by atomic mass is 9.84. The molecular formula is C26H28FN5OS. The molecule has 0 amide bonds. The van der Waals surface area contributed by atoms with E-state index in [1.807, 2.05) is 43.7 Å². The predicted molar refractivity (Wildman–Crippen MR) is 134 cm³/mol. The van der Waals surface area contributed by atoms with E-state index in [9.17, 15) is 8.60 Å². The fourth-order valence-corrected chi connectivity index (χ4v) is 7.21. The van der Waals surface area contributed by atoms with E-state index in [4.69, 9.17) is 0 Å². The normalized spacial score (nSPS) is 19.8. The first-order valence-corrected chi connectivity index (χ1v) is 13.1. The molecule has 1 saturated carbocycles. The maximum atomic E-state index is 13.9. The Balaban J connectivity index is 1.18. The van der Waals surface area contributed by atoms with Crippen LogP contribution in [0.15, 0.2) is 54.9 Å². The Kier molecular flexibility index (Phi) is 5.37. The van der Waals surface area contributed by atoms with Gasteiger partial charge in [-0.15, -0.1) is 0 Å². The molecule has 4 aromatic rings. The van der Waals surface area contributed by atoms with Gasteiger partial charge >= 0.3 is 0 Å². The molecule has 3 heterocycles. The zero-order valence-corrected chi connectivity index (χ0v) is 20.0. The molecule has 1 aliphatic heterocycles. The van der Waals surface area contributed by atoms with Gasteiger partial charge in [0.25, 0.3) is 0 Å². The Morgan fingerprint density at radius 3 is 2.65 bits per heavy atom. The molecular weight excluding hydrogens is 449 g/mol. The van der Waals surface area contributed by atoms with Crippen LogP contribution in [0, 0.1) is 5.82 Å². The highest BCUT2D eigenvalue weighted by atomic mass is 32.2. The Bertz CT molecular complexity index is 1390. The molecule has 0 bridgehead atoms. The molecule has 1 N–H and O–H groups in total. The van der Waals surface area contributed by atoms with Crippen LogP contribution in [0.5, 0.6) is 0 Å². The predicted octanol–water partition coefficient (Wildman–Crippen LogP) is 5.10. The van der Waals surface area contributed by atoms with Crippen LogP contribution >= 0.6 is 0 Å². The number of benzene rings is 2. The summed E-state index contributed by atoms with van der Waals surface area (Å²) in [6.07, 6.45) is 8.72. The number of pyridine rings is 1. The van der Waals surface area contributed by atoms with Crippen LogP contribution in [0.4, 0.5) is 10.1 Å². The van der Waals surface area contributed by atoms with Gasteiger partial charge < -0.3 is 4.72 Å². The number of rotatable bonds is 5. The highest BCUT2D eigenvalue weighted by molar-refractivity contribution is 7.87. The number of aromatic nitrogens is 3. The molecule has 2 aromatic carbocycles. The van der Waals surface area contributed by atoms with Gasteiger partial charge in [-0.3, -0.25) is 14.6 Å². The number of likely N-dealkylation sites (tertiary alicyclic amines) is 1. The molecule has 176 valence electrons. The molecule has 0 radical (unpaired) electrons. The number of fused-ring (bicyclic) bond motifs is 2. The minimum absolute atomic E-state index is 0.224. The fourth-order valence-electron chi connectivity index (χ4n) is 5.61. The lowest BCUT2D eigenvalue weighted by molar-refractivity contribution is 0.0669. The number of hydrogen-bond acceptors (Lipinski definition) is 4. The second kappa shape index (κ2) is 8.43. The van der Waals surface area contributed by atoms with Gasteiger partial charge in [0, 0.05) is 49.0 Å². The number of aryl methyl sites for hydroxylation is 1. The van der Waals surface area contributed by atoms with Gasteiger partial charge in [0.05, 0.1) is 11.0 Å². The van der Waals surface area contributed by atoms with E-state index < -0.39 is 11.0 Å². The molecule has 6 rings (SSSR count). The molecule has 8 heteroatoms. The Hall–Kier alpha value is -2.84. The SMILES string of the molecule is Cn1cc2cc(NS(=O)C3(N4CCC(c5ccnc6ccc(F)cc56)CC4)CCC3)ccc2n1. The van der Waals surface area contributed by atoms with E-state index in [0.29, 0.717) is 5.92 Å². The molecule has 1 unspecified atom stereocenters. The lowest BCUT2D eigenvalue weighted by Crippen LogP contribution is -2.59. The third kappa shape index (κ3) is 3.69. The second-order valence-electron chi connectivity index (χ2n) is 9.57. The average molecular weight is 478 g/mol. The van der Waals surface area contributed by atoms with Gasteiger partial charge in [-0.05, 0) is 86.1 Å². The van der Waals surface area contributed by atoms with Crippen molar-refractivity contribution in [3.05, 3.63) is 66.2 Å². The molecule has 2 aromatic heterocycles. The van der Waals surface area contributed by atoms with Crippen molar-refractivity contribution in [2.45, 2.75) is 42.9 Å². The van der Waals surface area contributed by atoms with Gasteiger partial charge in [-0.2, -0.15) is 5.10 Å². The maximum absolute atomic E-state index is 13.9. The summed E-state index contributed by atoms with van der Waals surface area (Å²) in [4.78, 5) is 6.52. The summed E-state index contributed by atoms with van der Waals surface area (Å²) in [5.74, 6) is 0.133. The molecule has 2 aliphatic rings. The van der Waals surface area contributed by atoms with E-state index in [0.717, 1.165) is 72.7 Å². The number of anilines is 1. The quantitative estimate of drug-likeness (QED) is 0.435. The van der Waals surface area contributed by atoms with Crippen molar-refractivity contribution >= 4 is 38.5 Å². The molecule has 34 heavy (non-hydrogen) atoms. The van der Waals surface area contributed by atoms with Crippen molar-refractivity contribution in [2.24, 2.45) is 7.05 Å². The molecule has 1 saturated heterocycles. The monoisotopic (exact) mass is 477 g/mol. The van der Waals surface area contributed by atoms with Crippen molar-refractivity contribution in [3.63, 3.8) is 0 Å². The van der Waals surface area contributed by atoms with Gasteiger partial charge in [0.2, 0.25) is 0 Å². The van der Waals surface area contributed by atoms with E-state index >= 15 is 0 Å². The highest BCUT2D eigenvalue weighted by Crippen LogP contribution is 2.44. The van der Waals surface area contributed by atoms with Crippen LogP contribution < -0.4 is 4.72 Å². The largest absolute Gasteiger partial charge is 0.304 e. The minimum Gasteiger partial charge on any atom is -0.304 e. The number of halogens is 1. The fraction of sp³-hybridized carbons (Fsp3) is 0.385. The van der Waals surface area contributed by atoms with Crippen molar-refractivity contribution < 1.29 is 8.60 Å². The summed E-state index contributed by atoms with van der Waals surface area (Å²) in [6, 6.07) is 12.8. The first-order chi connectivity index (χ1) is 16.5. The topological polar surface area (TPSA) is 63.1 Å². The molecule has 2 fully saturated rings. The summed E-state index contributed by atoms with van der Waals surface area (Å²) in [5.41, 5.74) is 3.82. The van der Waals surface area contributed by atoms with Crippen LogP contribution in [-0.4, -0.2) is 41.8 Å². The van der Waals surface area contributed by atoms with Crippen molar-refractivity contribution in [1.82, 2.24) is 19.7 Å². The Morgan fingerprint density at radius 2 is 1.88 bits per heavy atom. The molecule has 1 atom stereocenters. The summed E-state index contributed by atoms with van der Waals surface area (Å²) in [6.45, 7) is 1.78. The van der Waals surface area contributed by atoms with E-state index in [2.05, 4.69) is 19.7 Å². The first-order valence-electron chi connectivity index (χ1n) is 11.9. The average Bonchev–Trinajstić information content (AvgIpc) is 3.18. The number of hydrogen-bond donors (Lipinski definition) is 1. The van der Waals surface area contributed by atoms with Gasteiger partial charge in [-0.1, -0.05) is 0 Å². The summed E-state index contributed by atoms with van der Waals surface area (Å²) >= 11 is 0. The van der Waals surface area contributed by atoms with Crippen molar-refractivity contribution in [1.29, 1.82) is 0 Å². The van der Waals surface area contributed by atoms with Gasteiger partial charge in [0.1, 0.15) is 21.7 Å². The number of nitrogens with one attached hydrogen (secondary N) is 1. The zero-order valence-electron chi connectivity index (χ0n) is 19.2. The number of nitrogens with zero attached hydrogens (tertiary/aromatic N) is 4. The highest BCUT2D eigenvalue weighted by Gasteiger charge is 2.49. The van der Waals surface area contributed by atoms with Crippen LogP contribution in [0.25, 0.3) is 21.8 Å². The van der Waals surface area contributed by atoms with Crippen molar-refractivity contribution in [3.8, 4) is 0 Å². The third-order valence-electron chi connectivity index (χ3n) is 7.56. The molecule has 6 nitrogen and oxygen atoms in total. The Morgan fingerprint density at radius 1 is 1.09 bits per heavy atom. The third-order valence-corrected chi connectivity index (χ3v) is 9.34. The van der Waals surface area contributed by atoms with Crippen LogP contribution in [-0.2, 0) is 18.0 Å². The number of piperidine rings is 1. The van der Waals surface area contributed by atoms with Crippen LogP contribution in [0.1, 0.15) is 43.6 Å². The second-order valence-corrected chi connectivity index (χ2v) is 11.1. The standard InChI is InChI=1S/C26H28FN5OS/c1-31-17-19-15-21(4-6-24(19)29-31)30-34(33)26(10-2-11-26)32-13-8-18(9-14-32)22-7-12-28-25-5-3-20(27)16-23(22)25/h3-7,12,15-18,30H,2,8-11,13-14H2,1H3. The summed E-state index contributed by atoms with van der Waals surface area (Å²) in [5, 5.41) is 6.37. The van der Waals surface area contributed by atoms with Crippen molar-refractivity contribution in [2.75, 3.05) is 17.8 Å². The lowest BCUT2D eigenvalue weighted by Gasteiger charge is -2.51. The van der Waals surface area contributed by atoms with Gasteiger partial charge in [0.15, 0.2) is 0 Å². The van der Waals surface area contributed by atoms with Crippen LogP contribution in [0.2, 0.25) is 0 Å². The minimum atomic E-state index is -1.21. The first kappa shape index (κ1) is 21.7. The maximum Gasteiger partial charge on any atom is 0.138 e. The molecule has 1 aliphatic carbocycles. The summed E-state index contributed by atoms with van der Waals surface area (Å²) in [7, 11) is 0.693. The zero-order chi connectivity index (χ0) is 23.3. The Labute approximate surface area is 200 Å². The van der Waals surface area contributed by atoms with E-state index in [-0.39, 0.29) is 10.7 Å². The smallest absolute Gasteiger partial charge is 0.138 e. The van der Waals surface area contributed by atoms with Gasteiger partial charge in [-0.25, -0.2) is 8.60 Å². The van der Waals surface area contributed by atoms with E-state index in [1.54, 1.807) is 16.8 Å². The van der Waals surface area contributed by atoms with E-state index in [1.165, 1.54) is 11.6 Å². The van der Waals surface area contributed by atoms with Crippen LogP contribution in [0.3, 0.4) is 0 Å². The summed E-state index contributed by atoms with van der Waals surface area (Å²) < 4.78 is 32.6. The molecule has 0 spiro atoms.